The molecule has 0 aliphatic carbocycles. The van der Waals surface area contributed by atoms with Crippen molar-refractivity contribution in [3.63, 3.8) is 0 Å². The number of methoxy groups -OCH3 is 1. The van der Waals surface area contributed by atoms with Crippen LogP contribution in [-0.2, 0) is 0 Å². The smallest absolute Gasteiger partial charge is 0.422 e. The third kappa shape index (κ3) is 3.94. The van der Waals surface area contributed by atoms with Crippen LogP contribution in [0.15, 0.2) is 16.6 Å². The summed E-state index contributed by atoms with van der Waals surface area (Å²) in [7, 11) is 1.36. The Morgan fingerprint density at radius 3 is 2.60 bits per heavy atom. The van der Waals surface area contributed by atoms with Gasteiger partial charge in [-0.15, -0.1) is 0 Å². The third-order valence-electron chi connectivity index (χ3n) is 1.37. The number of nitrogens with zero attached hydrogens (tertiary/aromatic N) is 1. The molecule has 0 aromatic carbocycles. The van der Waals surface area contributed by atoms with Crippen molar-refractivity contribution in [1.82, 2.24) is 4.98 Å². The van der Waals surface area contributed by atoms with E-state index in [9.17, 15) is 13.2 Å². The van der Waals surface area contributed by atoms with Crippen LogP contribution in [0.1, 0.15) is 0 Å². The molecular weight excluding hydrogens is 279 g/mol. The predicted molar refractivity (Wildman–Crippen MR) is 50.0 cm³/mol. The van der Waals surface area contributed by atoms with Gasteiger partial charge in [-0.2, -0.15) is 18.2 Å². The van der Waals surface area contributed by atoms with Crippen molar-refractivity contribution in [2.24, 2.45) is 0 Å². The molecule has 0 radical (unpaired) electrons. The first-order valence-corrected chi connectivity index (χ1v) is 4.62. The first-order chi connectivity index (χ1) is 6.92. The van der Waals surface area contributed by atoms with Gasteiger partial charge in [0.1, 0.15) is 0 Å². The summed E-state index contributed by atoms with van der Waals surface area (Å²) in [5, 5.41) is 0. The Morgan fingerprint density at radius 1 is 1.40 bits per heavy atom. The maximum Gasteiger partial charge on any atom is 0.422 e. The predicted octanol–water partition coefficient (Wildman–Crippen LogP) is 2.79. The topological polar surface area (TPSA) is 31.4 Å². The number of rotatable bonds is 3. The van der Waals surface area contributed by atoms with Crippen LogP contribution in [0.4, 0.5) is 13.2 Å². The number of hydrogen-bond donors (Lipinski definition) is 0. The Balaban J connectivity index is 2.70. The summed E-state index contributed by atoms with van der Waals surface area (Å²) in [6.07, 6.45) is -4.37. The van der Waals surface area contributed by atoms with Gasteiger partial charge >= 0.3 is 6.18 Å². The number of ether oxygens (including phenoxy) is 2. The lowest BCUT2D eigenvalue weighted by Crippen LogP contribution is -2.19. The van der Waals surface area contributed by atoms with Crippen LogP contribution in [0, 0.1) is 0 Å². The van der Waals surface area contributed by atoms with Crippen LogP contribution in [0.3, 0.4) is 0 Å². The molecule has 0 amide bonds. The van der Waals surface area contributed by atoms with Gasteiger partial charge in [0, 0.05) is 6.07 Å². The SMILES string of the molecule is COc1nc(OCC(F)(F)F)ccc1Br. The highest BCUT2D eigenvalue weighted by molar-refractivity contribution is 9.10. The molecular formula is C8H7BrF3NO2. The molecule has 0 unspecified atom stereocenters. The fourth-order valence-electron chi connectivity index (χ4n) is 0.786. The summed E-state index contributed by atoms with van der Waals surface area (Å²) in [5.74, 6) is 0.0436. The molecule has 0 bridgehead atoms. The van der Waals surface area contributed by atoms with Gasteiger partial charge in [0.15, 0.2) is 6.61 Å². The molecule has 0 N–H and O–H groups in total. The maximum absolute atomic E-state index is 11.8. The zero-order chi connectivity index (χ0) is 11.5. The monoisotopic (exact) mass is 285 g/mol. The molecule has 1 aromatic rings. The Kier molecular flexibility index (Phi) is 3.78. The summed E-state index contributed by atoms with van der Waals surface area (Å²) in [6, 6.07) is 2.82. The van der Waals surface area contributed by atoms with Crippen LogP contribution in [0.25, 0.3) is 0 Å². The first kappa shape index (κ1) is 12.1. The zero-order valence-corrected chi connectivity index (χ0v) is 9.22. The first-order valence-electron chi connectivity index (χ1n) is 3.82. The van der Waals surface area contributed by atoms with Crippen LogP contribution >= 0.6 is 15.9 Å². The lowest BCUT2D eigenvalue weighted by atomic mass is 10.5. The summed E-state index contributed by atoms with van der Waals surface area (Å²) < 4.78 is 45.2. The highest BCUT2D eigenvalue weighted by Crippen LogP contribution is 2.25. The van der Waals surface area contributed by atoms with Gasteiger partial charge in [0.25, 0.3) is 0 Å². The van der Waals surface area contributed by atoms with Crippen LogP contribution < -0.4 is 9.47 Å². The molecule has 0 spiro atoms. The third-order valence-corrected chi connectivity index (χ3v) is 1.97. The Morgan fingerprint density at radius 2 is 2.07 bits per heavy atom. The van der Waals surface area contributed by atoms with E-state index < -0.39 is 12.8 Å². The summed E-state index contributed by atoms with van der Waals surface area (Å²) in [5.41, 5.74) is 0. The Labute approximate surface area is 92.3 Å². The average molecular weight is 286 g/mol. The molecule has 1 heterocycles. The highest BCUT2D eigenvalue weighted by Gasteiger charge is 2.28. The van der Waals surface area contributed by atoms with E-state index in [0.29, 0.717) is 4.47 Å². The second-order valence-corrected chi connectivity index (χ2v) is 3.40. The normalized spacial score (nSPS) is 11.3. The van der Waals surface area contributed by atoms with Crippen molar-refractivity contribution in [1.29, 1.82) is 0 Å². The van der Waals surface area contributed by atoms with Crippen molar-refractivity contribution in [2.45, 2.75) is 6.18 Å². The molecule has 0 saturated carbocycles. The Bertz CT molecular complexity index is 343. The average Bonchev–Trinajstić information content (AvgIpc) is 2.15. The molecule has 0 atom stereocenters. The molecule has 0 aliphatic heterocycles. The molecule has 1 aromatic heterocycles. The van der Waals surface area contributed by atoms with E-state index in [0.717, 1.165) is 0 Å². The van der Waals surface area contributed by atoms with Crippen LogP contribution in [0.2, 0.25) is 0 Å². The molecule has 84 valence electrons. The van der Waals surface area contributed by atoms with Crippen molar-refractivity contribution in [3.8, 4) is 11.8 Å². The summed E-state index contributed by atoms with van der Waals surface area (Å²) >= 11 is 3.12. The number of aromatic nitrogens is 1. The second kappa shape index (κ2) is 4.69. The van der Waals surface area contributed by atoms with Crippen molar-refractivity contribution < 1.29 is 22.6 Å². The fraction of sp³-hybridized carbons (Fsp3) is 0.375. The quantitative estimate of drug-likeness (QED) is 0.856. The lowest BCUT2D eigenvalue weighted by Gasteiger charge is -2.09. The minimum absolute atomic E-state index is 0.132. The minimum Gasteiger partial charge on any atom is -0.480 e. The molecule has 1 rings (SSSR count). The van der Waals surface area contributed by atoms with Gasteiger partial charge in [-0.1, -0.05) is 0 Å². The van der Waals surface area contributed by atoms with Crippen molar-refractivity contribution >= 4 is 15.9 Å². The highest BCUT2D eigenvalue weighted by atomic mass is 79.9. The van der Waals surface area contributed by atoms with Crippen LogP contribution in [0.5, 0.6) is 11.8 Å². The maximum atomic E-state index is 11.8. The van der Waals surface area contributed by atoms with E-state index in [4.69, 9.17) is 4.74 Å². The van der Waals surface area contributed by atoms with Gasteiger partial charge in [-0.05, 0) is 22.0 Å². The molecule has 0 saturated heterocycles. The lowest BCUT2D eigenvalue weighted by molar-refractivity contribution is -0.154. The van der Waals surface area contributed by atoms with Gasteiger partial charge < -0.3 is 9.47 Å². The van der Waals surface area contributed by atoms with E-state index in [1.807, 2.05) is 0 Å². The molecule has 3 nitrogen and oxygen atoms in total. The van der Waals surface area contributed by atoms with E-state index in [-0.39, 0.29) is 11.8 Å². The second-order valence-electron chi connectivity index (χ2n) is 2.54. The van der Waals surface area contributed by atoms with Crippen molar-refractivity contribution in [2.75, 3.05) is 13.7 Å². The number of pyridine rings is 1. The van der Waals surface area contributed by atoms with E-state index in [2.05, 4.69) is 25.7 Å². The molecule has 15 heavy (non-hydrogen) atoms. The van der Waals surface area contributed by atoms with Gasteiger partial charge in [0.05, 0.1) is 11.6 Å². The van der Waals surface area contributed by atoms with E-state index in [1.54, 1.807) is 0 Å². The molecule has 7 heteroatoms. The molecule has 0 aliphatic rings. The van der Waals surface area contributed by atoms with Gasteiger partial charge in [-0.3, -0.25) is 0 Å². The van der Waals surface area contributed by atoms with E-state index in [1.165, 1.54) is 19.2 Å². The van der Waals surface area contributed by atoms with Crippen molar-refractivity contribution in [3.05, 3.63) is 16.6 Å². The fourth-order valence-corrected chi connectivity index (χ4v) is 1.17. The summed E-state index contributed by atoms with van der Waals surface area (Å²) in [4.78, 5) is 3.70. The van der Waals surface area contributed by atoms with E-state index >= 15 is 0 Å². The number of hydrogen-bond acceptors (Lipinski definition) is 3. The Hall–Kier alpha value is -0.980. The standard InChI is InChI=1S/C8H7BrF3NO2/c1-14-7-5(9)2-3-6(13-7)15-4-8(10,11)12/h2-3H,4H2,1H3. The zero-order valence-electron chi connectivity index (χ0n) is 7.64. The van der Waals surface area contributed by atoms with Crippen LogP contribution in [-0.4, -0.2) is 24.9 Å². The summed E-state index contributed by atoms with van der Waals surface area (Å²) in [6.45, 7) is -1.37. The largest absolute Gasteiger partial charge is 0.480 e. The number of alkyl halides is 3. The number of halogens is 4. The van der Waals surface area contributed by atoms with Gasteiger partial charge in [0.2, 0.25) is 11.8 Å². The minimum atomic E-state index is -4.37. The van der Waals surface area contributed by atoms with Gasteiger partial charge in [-0.25, -0.2) is 0 Å². The molecule has 0 fully saturated rings.